The van der Waals surface area contributed by atoms with E-state index in [1.54, 1.807) is 12.4 Å². The van der Waals surface area contributed by atoms with Gasteiger partial charge in [-0.3, -0.25) is 4.79 Å². The zero-order chi connectivity index (χ0) is 18.0. The van der Waals surface area contributed by atoms with Crippen molar-refractivity contribution in [3.63, 3.8) is 0 Å². The van der Waals surface area contributed by atoms with Crippen molar-refractivity contribution in [1.29, 1.82) is 0 Å². The molecule has 1 saturated carbocycles. The molecule has 0 bridgehead atoms. The van der Waals surface area contributed by atoms with E-state index in [1.807, 2.05) is 30.7 Å². The number of aromatic nitrogens is 3. The normalized spacial score (nSPS) is 22.5. The van der Waals surface area contributed by atoms with Gasteiger partial charge < -0.3 is 15.6 Å². The van der Waals surface area contributed by atoms with E-state index in [0.29, 0.717) is 10.7 Å². The van der Waals surface area contributed by atoms with Gasteiger partial charge in [0.05, 0.1) is 10.9 Å². The van der Waals surface area contributed by atoms with Gasteiger partial charge in [0.15, 0.2) is 5.16 Å². The number of aryl methyl sites for hydroxylation is 1. The minimum Gasteiger partial charge on any atom is -0.326 e. The lowest BCUT2D eigenvalue weighted by molar-refractivity contribution is -0.122. The van der Waals surface area contributed by atoms with E-state index in [0.717, 1.165) is 35.7 Å². The third kappa shape index (κ3) is 4.71. The van der Waals surface area contributed by atoms with Crippen molar-refractivity contribution in [3.05, 3.63) is 29.5 Å². The van der Waals surface area contributed by atoms with E-state index in [4.69, 9.17) is 17.3 Å². The smallest absolute Gasteiger partial charge is 0.229 e. The Balaban J connectivity index is 0.00000243. The fourth-order valence-corrected chi connectivity index (χ4v) is 4.21. The number of amides is 1. The van der Waals surface area contributed by atoms with Crippen LogP contribution in [-0.2, 0) is 11.8 Å². The van der Waals surface area contributed by atoms with Gasteiger partial charge in [-0.25, -0.2) is 0 Å². The van der Waals surface area contributed by atoms with Crippen LogP contribution in [0.25, 0.3) is 0 Å². The zero-order valence-corrected chi connectivity index (χ0v) is 17.1. The number of nitrogens with one attached hydrogen (secondary N) is 1. The Hall–Kier alpha value is -1.28. The van der Waals surface area contributed by atoms with E-state index in [2.05, 4.69) is 15.5 Å². The number of hydrogen-bond donors (Lipinski definition) is 2. The summed E-state index contributed by atoms with van der Waals surface area (Å²) >= 11 is 7.80. The number of nitrogens with zero attached hydrogens (tertiary/aromatic N) is 3. The molecule has 2 atom stereocenters. The van der Waals surface area contributed by atoms with Gasteiger partial charge in [0.1, 0.15) is 6.33 Å². The van der Waals surface area contributed by atoms with Gasteiger partial charge in [0, 0.05) is 23.2 Å². The molecule has 0 aliphatic heterocycles. The Kier molecular flexibility index (Phi) is 6.96. The summed E-state index contributed by atoms with van der Waals surface area (Å²) in [5.41, 5.74) is 6.54. The fraction of sp³-hybridized carbons (Fsp3) is 0.471. The third-order valence-corrected chi connectivity index (χ3v) is 6.19. The Morgan fingerprint density at radius 2 is 2.23 bits per heavy atom. The second-order valence-electron chi connectivity index (χ2n) is 6.77. The molecule has 1 heterocycles. The molecule has 3 N–H and O–H groups in total. The standard InChI is InChI=1S/C17H22ClN5OS.ClH/c1-17(19)8-4-3-5-12(17)15(24)21-11-6-7-14(13(18)9-11)25-16-22-20-10-23(16)2;/h6-7,9-10,12H,3-5,8,19H2,1-2H3,(H,21,24);1H. The molecule has 1 amide bonds. The summed E-state index contributed by atoms with van der Waals surface area (Å²) < 4.78 is 1.82. The summed E-state index contributed by atoms with van der Waals surface area (Å²) in [4.78, 5) is 13.5. The molecular formula is C17H23Cl2N5OS. The van der Waals surface area contributed by atoms with Crippen LogP contribution in [0.3, 0.4) is 0 Å². The number of nitrogens with two attached hydrogens (primary N) is 1. The predicted octanol–water partition coefficient (Wildman–Crippen LogP) is 3.89. The molecule has 1 aliphatic rings. The maximum Gasteiger partial charge on any atom is 0.229 e. The van der Waals surface area contributed by atoms with Crippen LogP contribution in [0.2, 0.25) is 5.02 Å². The summed E-state index contributed by atoms with van der Waals surface area (Å²) in [6.07, 6.45) is 5.46. The highest BCUT2D eigenvalue weighted by molar-refractivity contribution is 7.99. The van der Waals surface area contributed by atoms with Gasteiger partial charge in [0.25, 0.3) is 0 Å². The molecule has 0 radical (unpaired) electrons. The van der Waals surface area contributed by atoms with Crippen molar-refractivity contribution < 1.29 is 4.79 Å². The van der Waals surface area contributed by atoms with Gasteiger partial charge in [0.2, 0.25) is 5.91 Å². The number of halogens is 2. The third-order valence-electron chi connectivity index (χ3n) is 4.64. The molecular weight excluding hydrogens is 393 g/mol. The van der Waals surface area contributed by atoms with Crippen LogP contribution in [0.15, 0.2) is 34.6 Å². The molecule has 2 unspecified atom stereocenters. The van der Waals surface area contributed by atoms with Gasteiger partial charge in [-0.15, -0.1) is 22.6 Å². The van der Waals surface area contributed by atoms with Crippen LogP contribution in [0, 0.1) is 5.92 Å². The number of hydrogen-bond acceptors (Lipinski definition) is 5. The maximum absolute atomic E-state index is 12.6. The van der Waals surface area contributed by atoms with Gasteiger partial charge in [-0.2, -0.15) is 0 Å². The topological polar surface area (TPSA) is 85.8 Å². The lowest BCUT2D eigenvalue weighted by atomic mass is 9.74. The molecule has 1 aliphatic carbocycles. The summed E-state index contributed by atoms with van der Waals surface area (Å²) in [5, 5.41) is 12.2. The van der Waals surface area contributed by atoms with Crippen LogP contribution < -0.4 is 11.1 Å². The van der Waals surface area contributed by atoms with Crippen molar-refractivity contribution in [3.8, 4) is 0 Å². The second-order valence-corrected chi connectivity index (χ2v) is 8.18. The predicted molar refractivity (Wildman–Crippen MR) is 107 cm³/mol. The maximum atomic E-state index is 12.6. The quantitative estimate of drug-likeness (QED) is 0.790. The lowest BCUT2D eigenvalue weighted by Crippen LogP contribution is -2.51. The summed E-state index contributed by atoms with van der Waals surface area (Å²) in [7, 11) is 1.87. The van der Waals surface area contributed by atoms with Crippen LogP contribution >= 0.6 is 35.8 Å². The highest BCUT2D eigenvalue weighted by Crippen LogP contribution is 2.35. The first-order chi connectivity index (χ1) is 11.9. The summed E-state index contributed by atoms with van der Waals surface area (Å²) in [6, 6.07) is 5.48. The van der Waals surface area contributed by atoms with E-state index in [-0.39, 0.29) is 24.2 Å². The Bertz CT molecular complexity index is 780. The van der Waals surface area contributed by atoms with E-state index in [9.17, 15) is 4.79 Å². The lowest BCUT2D eigenvalue weighted by Gasteiger charge is -2.37. The van der Waals surface area contributed by atoms with Gasteiger partial charge in [-0.1, -0.05) is 24.4 Å². The van der Waals surface area contributed by atoms with Gasteiger partial charge in [-0.05, 0) is 49.7 Å². The summed E-state index contributed by atoms with van der Waals surface area (Å²) in [6.45, 7) is 1.96. The Morgan fingerprint density at radius 3 is 2.85 bits per heavy atom. The monoisotopic (exact) mass is 415 g/mol. The molecule has 26 heavy (non-hydrogen) atoms. The van der Waals surface area contributed by atoms with Crippen molar-refractivity contribution in [1.82, 2.24) is 14.8 Å². The van der Waals surface area contributed by atoms with Crippen molar-refractivity contribution >= 4 is 47.4 Å². The molecule has 0 spiro atoms. The van der Waals surface area contributed by atoms with Crippen LogP contribution in [0.4, 0.5) is 5.69 Å². The van der Waals surface area contributed by atoms with Crippen LogP contribution in [-0.4, -0.2) is 26.2 Å². The average Bonchev–Trinajstić information content (AvgIpc) is 2.94. The highest BCUT2D eigenvalue weighted by atomic mass is 35.5. The zero-order valence-electron chi connectivity index (χ0n) is 14.7. The first-order valence-corrected chi connectivity index (χ1v) is 9.47. The molecule has 0 saturated heterocycles. The van der Waals surface area contributed by atoms with Crippen molar-refractivity contribution in [2.45, 2.75) is 48.2 Å². The molecule has 1 fully saturated rings. The number of benzene rings is 1. The van der Waals surface area contributed by atoms with Gasteiger partial charge >= 0.3 is 0 Å². The molecule has 6 nitrogen and oxygen atoms in total. The van der Waals surface area contributed by atoms with E-state index in [1.165, 1.54) is 11.8 Å². The molecule has 9 heteroatoms. The number of anilines is 1. The fourth-order valence-electron chi connectivity index (χ4n) is 3.14. The minimum atomic E-state index is -0.451. The molecule has 2 aromatic rings. The first kappa shape index (κ1) is 21.0. The SMILES string of the molecule is Cl.Cn1cnnc1Sc1ccc(NC(=O)C2CCCCC2(C)N)cc1Cl. The van der Waals surface area contributed by atoms with E-state index < -0.39 is 5.54 Å². The number of carbonyl (C=O) groups is 1. The summed E-state index contributed by atoms with van der Waals surface area (Å²) in [5.74, 6) is -0.206. The molecule has 3 rings (SSSR count). The Morgan fingerprint density at radius 1 is 1.46 bits per heavy atom. The number of carbonyl (C=O) groups excluding carboxylic acids is 1. The van der Waals surface area contributed by atoms with E-state index >= 15 is 0 Å². The van der Waals surface area contributed by atoms with Crippen LogP contribution in [0.5, 0.6) is 0 Å². The van der Waals surface area contributed by atoms with Crippen molar-refractivity contribution in [2.24, 2.45) is 18.7 Å². The van der Waals surface area contributed by atoms with Crippen molar-refractivity contribution in [2.75, 3.05) is 5.32 Å². The molecule has 1 aromatic heterocycles. The largest absolute Gasteiger partial charge is 0.326 e. The van der Waals surface area contributed by atoms with Crippen LogP contribution in [0.1, 0.15) is 32.6 Å². The highest BCUT2D eigenvalue weighted by Gasteiger charge is 2.37. The first-order valence-electron chi connectivity index (χ1n) is 8.28. The second kappa shape index (κ2) is 8.61. The molecule has 142 valence electrons. The number of rotatable bonds is 4. The Labute approximate surface area is 168 Å². The minimum absolute atomic E-state index is 0. The average molecular weight is 416 g/mol. The molecule has 1 aromatic carbocycles.